The average Bonchev–Trinajstić information content (AvgIpc) is 2.51. The summed E-state index contributed by atoms with van der Waals surface area (Å²) in [6, 6.07) is 0.565. The van der Waals surface area contributed by atoms with Crippen molar-refractivity contribution in [3.63, 3.8) is 0 Å². The van der Waals surface area contributed by atoms with E-state index in [1.807, 2.05) is 0 Å². The Bertz CT molecular complexity index is 183. The van der Waals surface area contributed by atoms with Crippen LogP contribution >= 0.6 is 0 Å². The molecule has 0 radical (unpaired) electrons. The molecule has 1 aliphatic carbocycles. The quantitative estimate of drug-likeness (QED) is 0.747. The highest BCUT2D eigenvalue weighted by molar-refractivity contribution is 4.94. The van der Waals surface area contributed by atoms with Crippen LogP contribution in [0.1, 0.15) is 45.4 Å². The summed E-state index contributed by atoms with van der Waals surface area (Å²) in [5, 5.41) is 3.46. The lowest BCUT2D eigenvalue weighted by Gasteiger charge is -2.38. The Balaban J connectivity index is 1.89. The zero-order valence-corrected chi connectivity index (χ0v) is 9.51. The first kappa shape index (κ1) is 10.4. The van der Waals surface area contributed by atoms with E-state index in [2.05, 4.69) is 19.3 Å². The fourth-order valence-electron chi connectivity index (χ4n) is 2.81. The van der Waals surface area contributed by atoms with Crippen molar-refractivity contribution in [3.05, 3.63) is 0 Å². The van der Waals surface area contributed by atoms with Crippen LogP contribution in [0.3, 0.4) is 0 Å². The summed E-state index contributed by atoms with van der Waals surface area (Å²) in [5.74, 6) is 0.966. The van der Waals surface area contributed by atoms with Gasteiger partial charge in [0.05, 0.1) is 5.60 Å². The predicted molar refractivity (Wildman–Crippen MR) is 58.4 cm³/mol. The van der Waals surface area contributed by atoms with Gasteiger partial charge in [0.1, 0.15) is 0 Å². The molecule has 14 heavy (non-hydrogen) atoms. The molecule has 1 saturated carbocycles. The van der Waals surface area contributed by atoms with Gasteiger partial charge in [0.25, 0.3) is 0 Å². The Morgan fingerprint density at radius 1 is 1.43 bits per heavy atom. The molecule has 2 rings (SSSR count). The summed E-state index contributed by atoms with van der Waals surface area (Å²) < 4.78 is 5.90. The van der Waals surface area contributed by atoms with Crippen molar-refractivity contribution < 1.29 is 4.74 Å². The third kappa shape index (κ3) is 1.96. The molecule has 1 N–H and O–H groups in total. The van der Waals surface area contributed by atoms with E-state index in [4.69, 9.17) is 4.74 Å². The zero-order chi connectivity index (χ0) is 10.0. The van der Waals surface area contributed by atoms with Gasteiger partial charge in [-0.1, -0.05) is 19.3 Å². The van der Waals surface area contributed by atoms with Gasteiger partial charge in [-0.15, -0.1) is 0 Å². The van der Waals surface area contributed by atoms with Crippen LogP contribution < -0.4 is 5.32 Å². The van der Waals surface area contributed by atoms with Crippen molar-refractivity contribution in [2.45, 2.75) is 57.1 Å². The summed E-state index contributed by atoms with van der Waals surface area (Å²) in [6.07, 6.45) is 8.10. The molecular weight excluding hydrogens is 174 g/mol. The zero-order valence-electron chi connectivity index (χ0n) is 9.51. The Morgan fingerprint density at radius 2 is 2.21 bits per heavy atom. The van der Waals surface area contributed by atoms with Crippen LogP contribution in [-0.2, 0) is 4.74 Å². The van der Waals surface area contributed by atoms with Gasteiger partial charge in [-0.3, -0.25) is 0 Å². The molecule has 1 saturated heterocycles. The molecule has 0 bridgehead atoms. The molecule has 2 atom stereocenters. The predicted octanol–water partition coefficient (Wildman–Crippen LogP) is 2.33. The molecule has 1 heterocycles. The smallest absolute Gasteiger partial charge is 0.0807 e. The minimum atomic E-state index is 0.115. The maximum atomic E-state index is 5.90. The third-order valence-electron chi connectivity index (χ3n) is 4.13. The first-order chi connectivity index (χ1) is 6.74. The van der Waals surface area contributed by atoms with E-state index in [9.17, 15) is 0 Å². The van der Waals surface area contributed by atoms with Gasteiger partial charge < -0.3 is 10.1 Å². The minimum absolute atomic E-state index is 0.115. The van der Waals surface area contributed by atoms with Crippen molar-refractivity contribution in [1.29, 1.82) is 0 Å². The number of hydrogen-bond acceptors (Lipinski definition) is 2. The van der Waals surface area contributed by atoms with Crippen LogP contribution in [0.5, 0.6) is 0 Å². The van der Waals surface area contributed by atoms with Gasteiger partial charge in [0, 0.05) is 12.6 Å². The first-order valence-corrected chi connectivity index (χ1v) is 6.06. The highest BCUT2D eigenvalue weighted by Crippen LogP contribution is 2.36. The molecule has 0 aromatic rings. The van der Waals surface area contributed by atoms with E-state index < -0.39 is 0 Å². The van der Waals surface area contributed by atoms with Crippen molar-refractivity contribution in [2.75, 3.05) is 13.7 Å². The van der Waals surface area contributed by atoms with Gasteiger partial charge in [-0.2, -0.15) is 0 Å². The van der Waals surface area contributed by atoms with Gasteiger partial charge in [-0.05, 0) is 39.2 Å². The SMILES string of the molecule is CNC(CC1CCC1)C1(C)CCCO1. The molecule has 2 unspecified atom stereocenters. The number of rotatable bonds is 4. The molecule has 82 valence electrons. The second kappa shape index (κ2) is 4.19. The molecule has 0 amide bonds. The number of hydrogen-bond donors (Lipinski definition) is 1. The number of likely N-dealkylation sites (N-methyl/N-ethyl adjacent to an activating group) is 1. The average molecular weight is 197 g/mol. The van der Waals surface area contributed by atoms with E-state index in [0.29, 0.717) is 6.04 Å². The second-order valence-electron chi connectivity index (χ2n) is 5.14. The fraction of sp³-hybridized carbons (Fsp3) is 1.00. The third-order valence-corrected chi connectivity index (χ3v) is 4.13. The summed E-state index contributed by atoms with van der Waals surface area (Å²) in [7, 11) is 2.08. The molecule has 0 aromatic heterocycles. The van der Waals surface area contributed by atoms with Crippen LogP contribution in [0.25, 0.3) is 0 Å². The van der Waals surface area contributed by atoms with E-state index in [0.717, 1.165) is 12.5 Å². The standard InChI is InChI=1S/C12H23NO/c1-12(7-4-8-14-12)11(13-2)9-10-5-3-6-10/h10-11,13H,3-9H2,1-2H3. The van der Waals surface area contributed by atoms with Gasteiger partial charge in [-0.25, -0.2) is 0 Å². The molecule has 2 heteroatoms. The van der Waals surface area contributed by atoms with Crippen LogP contribution in [0.15, 0.2) is 0 Å². The topological polar surface area (TPSA) is 21.3 Å². The van der Waals surface area contributed by atoms with E-state index in [1.54, 1.807) is 0 Å². The van der Waals surface area contributed by atoms with Crippen molar-refractivity contribution in [2.24, 2.45) is 5.92 Å². The molecule has 2 aliphatic rings. The largest absolute Gasteiger partial charge is 0.374 e. The lowest BCUT2D eigenvalue weighted by Crippen LogP contribution is -2.48. The normalized spacial score (nSPS) is 35.6. The monoisotopic (exact) mass is 197 g/mol. The Kier molecular flexibility index (Phi) is 3.13. The summed E-state index contributed by atoms with van der Waals surface area (Å²) in [4.78, 5) is 0. The Hall–Kier alpha value is -0.0800. The fourth-order valence-corrected chi connectivity index (χ4v) is 2.81. The highest BCUT2D eigenvalue weighted by Gasteiger charge is 2.39. The van der Waals surface area contributed by atoms with E-state index in [-0.39, 0.29) is 5.60 Å². The van der Waals surface area contributed by atoms with Crippen molar-refractivity contribution >= 4 is 0 Å². The van der Waals surface area contributed by atoms with Gasteiger partial charge >= 0.3 is 0 Å². The van der Waals surface area contributed by atoms with Crippen LogP contribution in [-0.4, -0.2) is 25.3 Å². The highest BCUT2D eigenvalue weighted by atomic mass is 16.5. The van der Waals surface area contributed by atoms with Gasteiger partial charge in [0.15, 0.2) is 0 Å². The lowest BCUT2D eigenvalue weighted by atomic mass is 9.77. The van der Waals surface area contributed by atoms with Crippen molar-refractivity contribution in [3.8, 4) is 0 Å². The Morgan fingerprint density at radius 3 is 2.64 bits per heavy atom. The molecule has 2 nitrogen and oxygen atoms in total. The maximum Gasteiger partial charge on any atom is 0.0807 e. The van der Waals surface area contributed by atoms with Crippen LogP contribution in [0.4, 0.5) is 0 Å². The number of ether oxygens (including phenoxy) is 1. The molecular formula is C12H23NO. The first-order valence-electron chi connectivity index (χ1n) is 6.06. The summed E-state index contributed by atoms with van der Waals surface area (Å²) in [5.41, 5.74) is 0.115. The van der Waals surface area contributed by atoms with Crippen molar-refractivity contribution in [1.82, 2.24) is 5.32 Å². The Labute approximate surface area is 87.4 Å². The molecule has 2 fully saturated rings. The number of nitrogens with one attached hydrogen (secondary N) is 1. The maximum absolute atomic E-state index is 5.90. The summed E-state index contributed by atoms with van der Waals surface area (Å²) in [6.45, 7) is 3.24. The van der Waals surface area contributed by atoms with Crippen LogP contribution in [0.2, 0.25) is 0 Å². The van der Waals surface area contributed by atoms with E-state index in [1.165, 1.54) is 38.5 Å². The second-order valence-corrected chi connectivity index (χ2v) is 5.14. The molecule has 1 aliphatic heterocycles. The molecule has 0 aromatic carbocycles. The van der Waals surface area contributed by atoms with Crippen LogP contribution in [0, 0.1) is 5.92 Å². The van der Waals surface area contributed by atoms with Gasteiger partial charge in [0.2, 0.25) is 0 Å². The minimum Gasteiger partial charge on any atom is -0.374 e. The summed E-state index contributed by atoms with van der Waals surface area (Å²) >= 11 is 0. The van der Waals surface area contributed by atoms with E-state index >= 15 is 0 Å². The molecule has 0 spiro atoms. The lowest BCUT2D eigenvalue weighted by molar-refractivity contribution is -0.0193.